The number of rotatable bonds is 6. The van der Waals surface area contributed by atoms with Gasteiger partial charge in [-0.2, -0.15) is 11.8 Å². The minimum Gasteiger partial charge on any atom is -0.478 e. The molecule has 0 aliphatic heterocycles. The zero-order chi connectivity index (χ0) is 13.8. The molecule has 1 N–H and O–H groups in total. The van der Waals surface area contributed by atoms with E-state index in [1.807, 2.05) is 6.26 Å². The fraction of sp³-hybridized carbons (Fsp3) is 0.364. The first kappa shape index (κ1) is 15.0. The molecule has 0 amide bonds. The summed E-state index contributed by atoms with van der Waals surface area (Å²) in [6, 6.07) is 2.82. The Hall–Kier alpha value is -1.08. The van der Waals surface area contributed by atoms with Crippen molar-refractivity contribution in [1.29, 1.82) is 0 Å². The van der Waals surface area contributed by atoms with Gasteiger partial charge in [-0.25, -0.2) is 17.6 Å². The topological polar surface area (TPSA) is 71.4 Å². The highest BCUT2D eigenvalue weighted by Crippen LogP contribution is 2.18. The first-order chi connectivity index (χ1) is 8.38. The molecule has 0 aliphatic rings. The average molecular weight is 292 g/mol. The van der Waals surface area contributed by atoms with Gasteiger partial charge in [-0.15, -0.1) is 0 Å². The fourth-order valence-electron chi connectivity index (χ4n) is 1.39. The Morgan fingerprint density at radius 1 is 1.44 bits per heavy atom. The van der Waals surface area contributed by atoms with Crippen LogP contribution in [0.5, 0.6) is 0 Å². The van der Waals surface area contributed by atoms with Gasteiger partial charge in [0, 0.05) is 0 Å². The summed E-state index contributed by atoms with van der Waals surface area (Å²) in [7, 11) is -3.69. The van der Waals surface area contributed by atoms with Gasteiger partial charge in [-0.05, 0) is 36.6 Å². The Morgan fingerprint density at radius 3 is 2.61 bits per heavy atom. The van der Waals surface area contributed by atoms with Crippen molar-refractivity contribution >= 4 is 27.6 Å². The zero-order valence-corrected chi connectivity index (χ0v) is 11.4. The second-order valence-electron chi connectivity index (χ2n) is 3.62. The molecule has 0 fully saturated rings. The Kier molecular flexibility index (Phi) is 5.15. The van der Waals surface area contributed by atoms with E-state index < -0.39 is 26.5 Å². The molecule has 0 atom stereocenters. The summed E-state index contributed by atoms with van der Waals surface area (Å²) in [6.07, 6.45) is 2.29. The monoisotopic (exact) mass is 292 g/mol. The minimum atomic E-state index is -3.69. The summed E-state index contributed by atoms with van der Waals surface area (Å²) in [5.74, 6) is -1.77. The fourth-order valence-corrected chi connectivity index (χ4v) is 3.38. The number of carboxylic acid groups (broad SMARTS) is 1. The molecule has 18 heavy (non-hydrogen) atoms. The molecule has 0 spiro atoms. The van der Waals surface area contributed by atoms with Gasteiger partial charge in [-0.1, -0.05) is 0 Å². The molecule has 1 aromatic carbocycles. The third kappa shape index (κ3) is 3.71. The van der Waals surface area contributed by atoms with E-state index in [2.05, 4.69) is 0 Å². The quantitative estimate of drug-likeness (QED) is 0.812. The number of thioether (sulfide) groups is 1. The molecule has 0 radical (unpaired) electrons. The molecule has 0 aromatic heterocycles. The molecule has 0 heterocycles. The van der Waals surface area contributed by atoms with E-state index in [0.29, 0.717) is 12.2 Å². The third-order valence-corrected chi connectivity index (χ3v) is 4.80. The van der Waals surface area contributed by atoms with E-state index in [-0.39, 0.29) is 11.3 Å². The molecule has 0 saturated carbocycles. The van der Waals surface area contributed by atoms with Crippen LogP contribution in [-0.4, -0.2) is 37.3 Å². The SMILES string of the molecule is CSCCCS(=O)(=O)c1ccc(C(=O)O)cc1F. The number of hydrogen-bond donors (Lipinski definition) is 1. The molecule has 0 bridgehead atoms. The predicted octanol–water partition coefficient (Wildman–Crippen LogP) is 2.05. The summed E-state index contributed by atoms with van der Waals surface area (Å²) in [6.45, 7) is 0. The molecular formula is C11H13FO4S2. The Morgan fingerprint density at radius 2 is 2.11 bits per heavy atom. The molecule has 0 saturated heterocycles. The van der Waals surface area contributed by atoms with Gasteiger partial charge < -0.3 is 5.11 Å². The molecule has 7 heteroatoms. The van der Waals surface area contributed by atoms with Gasteiger partial charge in [0.2, 0.25) is 0 Å². The third-order valence-electron chi connectivity index (χ3n) is 2.28. The second-order valence-corrected chi connectivity index (χ2v) is 6.68. The van der Waals surface area contributed by atoms with E-state index in [4.69, 9.17) is 5.11 Å². The summed E-state index contributed by atoms with van der Waals surface area (Å²) in [5.41, 5.74) is -0.268. The molecule has 1 rings (SSSR count). The van der Waals surface area contributed by atoms with Crippen molar-refractivity contribution in [3.63, 3.8) is 0 Å². The van der Waals surface area contributed by atoms with E-state index in [1.165, 1.54) is 11.8 Å². The van der Waals surface area contributed by atoms with Crippen molar-refractivity contribution in [1.82, 2.24) is 0 Å². The molecule has 0 unspecified atom stereocenters. The smallest absolute Gasteiger partial charge is 0.335 e. The van der Waals surface area contributed by atoms with Crippen molar-refractivity contribution in [2.24, 2.45) is 0 Å². The van der Waals surface area contributed by atoms with Crippen LogP contribution in [0.15, 0.2) is 23.1 Å². The van der Waals surface area contributed by atoms with Crippen LogP contribution in [-0.2, 0) is 9.84 Å². The molecular weight excluding hydrogens is 279 g/mol. The van der Waals surface area contributed by atoms with E-state index >= 15 is 0 Å². The summed E-state index contributed by atoms with van der Waals surface area (Å²) >= 11 is 1.51. The number of carboxylic acids is 1. The highest BCUT2D eigenvalue weighted by Gasteiger charge is 2.20. The van der Waals surface area contributed by atoms with E-state index in [9.17, 15) is 17.6 Å². The van der Waals surface area contributed by atoms with Crippen LogP contribution >= 0.6 is 11.8 Å². The van der Waals surface area contributed by atoms with Crippen molar-refractivity contribution < 1.29 is 22.7 Å². The van der Waals surface area contributed by atoms with Crippen molar-refractivity contribution in [3.8, 4) is 0 Å². The molecule has 4 nitrogen and oxygen atoms in total. The lowest BCUT2D eigenvalue weighted by atomic mass is 10.2. The highest BCUT2D eigenvalue weighted by atomic mass is 32.2. The Balaban J connectivity index is 2.99. The minimum absolute atomic E-state index is 0.142. The summed E-state index contributed by atoms with van der Waals surface area (Å²) < 4.78 is 37.2. The highest BCUT2D eigenvalue weighted by molar-refractivity contribution is 7.98. The summed E-state index contributed by atoms with van der Waals surface area (Å²) in [4.78, 5) is 10.2. The standard InChI is InChI=1S/C11H13FO4S2/c1-17-5-2-6-18(15,16)10-4-3-8(11(13)14)7-9(10)12/h3-4,7H,2,5-6H2,1H3,(H,13,14). The molecule has 100 valence electrons. The summed E-state index contributed by atoms with van der Waals surface area (Å²) in [5, 5.41) is 8.66. The van der Waals surface area contributed by atoms with Crippen LogP contribution in [0.3, 0.4) is 0 Å². The number of sulfone groups is 1. The number of aromatic carboxylic acids is 1. The first-order valence-corrected chi connectivity index (χ1v) is 8.17. The molecule has 1 aromatic rings. The lowest BCUT2D eigenvalue weighted by Crippen LogP contribution is -2.10. The largest absolute Gasteiger partial charge is 0.478 e. The van der Waals surface area contributed by atoms with Crippen LogP contribution in [0.4, 0.5) is 4.39 Å². The lowest BCUT2D eigenvalue weighted by molar-refractivity contribution is 0.0696. The van der Waals surface area contributed by atoms with Crippen LogP contribution < -0.4 is 0 Å². The zero-order valence-electron chi connectivity index (χ0n) is 9.72. The van der Waals surface area contributed by atoms with Crippen LogP contribution in [0.1, 0.15) is 16.8 Å². The number of halogens is 1. The number of carbonyl (C=O) groups is 1. The average Bonchev–Trinajstić information content (AvgIpc) is 2.28. The van der Waals surface area contributed by atoms with E-state index in [1.54, 1.807) is 0 Å². The van der Waals surface area contributed by atoms with Gasteiger partial charge in [0.25, 0.3) is 0 Å². The van der Waals surface area contributed by atoms with Crippen LogP contribution in [0.2, 0.25) is 0 Å². The van der Waals surface area contributed by atoms with Gasteiger partial charge in [0.15, 0.2) is 9.84 Å². The number of hydrogen-bond acceptors (Lipinski definition) is 4. The van der Waals surface area contributed by atoms with Crippen LogP contribution in [0, 0.1) is 5.82 Å². The Bertz CT molecular complexity index is 540. The number of benzene rings is 1. The maximum atomic E-state index is 13.6. The van der Waals surface area contributed by atoms with Crippen LogP contribution in [0.25, 0.3) is 0 Å². The molecule has 0 aliphatic carbocycles. The van der Waals surface area contributed by atoms with Crippen molar-refractivity contribution in [2.75, 3.05) is 17.8 Å². The lowest BCUT2D eigenvalue weighted by Gasteiger charge is -2.06. The normalized spacial score (nSPS) is 11.4. The van der Waals surface area contributed by atoms with Crippen molar-refractivity contribution in [3.05, 3.63) is 29.6 Å². The van der Waals surface area contributed by atoms with Gasteiger partial charge in [0.1, 0.15) is 10.7 Å². The predicted molar refractivity (Wildman–Crippen MR) is 68.4 cm³/mol. The first-order valence-electron chi connectivity index (χ1n) is 5.13. The maximum absolute atomic E-state index is 13.6. The van der Waals surface area contributed by atoms with Crippen molar-refractivity contribution in [2.45, 2.75) is 11.3 Å². The maximum Gasteiger partial charge on any atom is 0.335 e. The second kappa shape index (κ2) is 6.19. The Labute approximate surface area is 109 Å². The van der Waals surface area contributed by atoms with Gasteiger partial charge in [0.05, 0.1) is 11.3 Å². The van der Waals surface area contributed by atoms with Gasteiger partial charge >= 0.3 is 5.97 Å². The van der Waals surface area contributed by atoms with E-state index in [0.717, 1.165) is 18.2 Å². The van der Waals surface area contributed by atoms with Gasteiger partial charge in [-0.3, -0.25) is 0 Å².